The fraction of sp³-hybridized carbons (Fsp3) is 0.929. The molecular formula is C14H26ClNO. The summed E-state index contributed by atoms with van der Waals surface area (Å²) >= 11 is 5.54. The fourth-order valence-electron chi connectivity index (χ4n) is 2.57. The Morgan fingerprint density at radius 1 is 0.882 bits per heavy atom. The maximum atomic E-state index is 11.3. The molecule has 100 valence electrons. The Morgan fingerprint density at radius 3 is 1.71 bits per heavy atom. The molecule has 1 aliphatic rings. The van der Waals surface area contributed by atoms with Gasteiger partial charge >= 0.3 is 0 Å². The van der Waals surface area contributed by atoms with Crippen LogP contribution in [0.4, 0.5) is 0 Å². The van der Waals surface area contributed by atoms with Crippen LogP contribution in [-0.2, 0) is 4.79 Å². The van der Waals surface area contributed by atoms with Crippen molar-refractivity contribution in [3.63, 3.8) is 0 Å². The summed E-state index contributed by atoms with van der Waals surface area (Å²) in [6.07, 6.45) is 14.3. The monoisotopic (exact) mass is 259 g/mol. The van der Waals surface area contributed by atoms with Gasteiger partial charge in [0, 0.05) is 6.04 Å². The van der Waals surface area contributed by atoms with Gasteiger partial charge in [-0.1, -0.05) is 57.8 Å². The van der Waals surface area contributed by atoms with Gasteiger partial charge in [0.15, 0.2) is 0 Å². The van der Waals surface area contributed by atoms with Gasteiger partial charge in [-0.25, -0.2) is 0 Å². The number of hydrogen-bond donors (Lipinski definition) is 1. The van der Waals surface area contributed by atoms with Crippen LogP contribution in [0.5, 0.6) is 0 Å². The number of alkyl halides is 1. The molecule has 1 aliphatic carbocycles. The van der Waals surface area contributed by atoms with Crippen LogP contribution in [0.3, 0.4) is 0 Å². The minimum Gasteiger partial charge on any atom is -0.352 e. The zero-order valence-electron chi connectivity index (χ0n) is 10.8. The molecule has 0 aliphatic heterocycles. The quantitative estimate of drug-likeness (QED) is 0.746. The molecule has 0 unspecified atom stereocenters. The second-order valence-electron chi connectivity index (χ2n) is 5.16. The van der Waals surface area contributed by atoms with E-state index in [1.54, 1.807) is 0 Å². The fourth-order valence-corrected chi connectivity index (χ4v) is 2.65. The highest BCUT2D eigenvalue weighted by molar-refractivity contribution is 6.27. The molecule has 0 spiro atoms. The van der Waals surface area contributed by atoms with E-state index in [0.717, 1.165) is 12.8 Å². The van der Waals surface area contributed by atoms with E-state index in [4.69, 9.17) is 11.6 Å². The number of rotatable bonds is 2. The summed E-state index contributed by atoms with van der Waals surface area (Å²) in [5.74, 6) is 0.0833. The summed E-state index contributed by atoms with van der Waals surface area (Å²) in [5, 5.41) is 3.05. The smallest absolute Gasteiger partial charge is 0.235 e. The molecule has 1 saturated carbocycles. The number of carbonyl (C=O) groups excluding carboxylic acids is 1. The van der Waals surface area contributed by atoms with Crippen LogP contribution in [0.15, 0.2) is 0 Å². The van der Waals surface area contributed by atoms with Gasteiger partial charge in [0.05, 0.1) is 0 Å². The molecule has 0 atom stereocenters. The lowest BCUT2D eigenvalue weighted by Gasteiger charge is -2.19. The lowest BCUT2D eigenvalue weighted by molar-refractivity contribution is -0.119. The summed E-state index contributed by atoms with van der Waals surface area (Å²) in [4.78, 5) is 11.3. The van der Waals surface area contributed by atoms with Crippen LogP contribution < -0.4 is 5.32 Å². The van der Waals surface area contributed by atoms with Crippen molar-refractivity contribution < 1.29 is 4.79 Å². The summed E-state index contributed by atoms with van der Waals surface area (Å²) < 4.78 is 0. The van der Waals surface area contributed by atoms with Crippen LogP contribution >= 0.6 is 11.6 Å². The molecule has 0 aromatic carbocycles. The molecular weight excluding hydrogens is 234 g/mol. The number of nitrogens with one attached hydrogen (secondary N) is 1. The zero-order chi connectivity index (χ0) is 12.3. The first-order chi connectivity index (χ1) is 8.33. The Morgan fingerprint density at radius 2 is 1.29 bits per heavy atom. The van der Waals surface area contributed by atoms with Gasteiger partial charge in [-0.3, -0.25) is 4.79 Å². The lowest BCUT2D eigenvalue weighted by Crippen LogP contribution is -2.35. The van der Waals surface area contributed by atoms with E-state index in [0.29, 0.717) is 6.04 Å². The SMILES string of the molecule is O=C(CCl)NC1CCCCCCCCCCC1. The highest BCUT2D eigenvalue weighted by Crippen LogP contribution is 2.16. The van der Waals surface area contributed by atoms with Crippen molar-refractivity contribution in [3.8, 4) is 0 Å². The van der Waals surface area contributed by atoms with Crippen molar-refractivity contribution in [2.24, 2.45) is 0 Å². The van der Waals surface area contributed by atoms with E-state index in [9.17, 15) is 4.79 Å². The topological polar surface area (TPSA) is 29.1 Å². The molecule has 3 heteroatoms. The summed E-state index contributed by atoms with van der Waals surface area (Å²) in [6, 6.07) is 0.362. The van der Waals surface area contributed by atoms with E-state index in [2.05, 4.69) is 5.32 Å². The summed E-state index contributed by atoms with van der Waals surface area (Å²) in [6.45, 7) is 0. The minimum absolute atomic E-state index is 0.0104. The highest BCUT2D eigenvalue weighted by Gasteiger charge is 2.11. The van der Waals surface area contributed by atoms with E-state index < -0.39 is 0 Å². The van der Waals surface area contributed by atoms with Crippen molar-refractivity contribution in [1.82, 2.24) is 5.32 Å². The van der Waals surface area contributed by atoms with E-state index in [1.807, 2.05) is 0 Å². The summed E-state index contributed by atoms with van der Waals surface area (Å²) in [5.41, 5.74) is 0. The Balaban J connectivity index is 2.29. The second-order valence-corrected chi connectivity index (χ2v) is 5.42. The lowest BCUT2D eigenvalue weighted by atomic mass is 9.98. The van der Waals surface area contributed by atoms with Crippen molar-refractivity contribution in [1.29, 1.82) is 0 Å². The third kappa shape index (κ3) is 7.64. The van der Waals surface area contributed by atoms with Gasteiger partial charge in [0.2, 0.25) is 5.91 Å². The second kappa shape index (κ2) is 9.76. The molecule has 0 aromatic rings. The van der Waals surface area contributed by atoms with Gasteiger partial charge in [-0.05, 0) is 12.8 Å². The molecule has 0 aromatic heterocycles. The first-order valence-corrected chi connectivity index (χ1v) is 7.71. The van der Waals surface area contributed by atoms with E-state index >= 15 is 0 Å². The Labute approximate surface area is 110 Å². The predicted octanol–water partition coefficient (Wildman–Crippen LogP) is 4.01. The molecule has 2 nitrogen and oxygen atoms in total. The Bertz CT molecular complexity index is 196. The minimum atomic E-state index is -0.0104. The summed E-state index contributed by atoms with van der Waals surface area (Å²) in [7, 11) is 0. The van der Waals surface area contributed by atoms with Crippen molar-refractivity contribution in [2.45, 2.75) is 76.7 Å². The Kier molecular flexibility index (Phi) is 8.50. The van der Waals surface area contributed by atoms with Gasteiger partial charge in [-0.15, -0.1) is 11.6 Å². The molecule has 0 heterocycles. The molecule has 1 amide bonds. The average molecular weight is 260 g/mol. The Hall–Kier alpha value is -0.240. The van der Waals surface area contributed by atoms with Crippen molar-refractivity contribution in [3.05, 3.63) is 0 Å². The van der Waals surface area contributed by atoms with Gasteiger partial charge in [0.1, 0.15) is 5.88 Å². The van der Waals surface area contributed by atoms with Crippen molar-refractivity contribution in [2.75, 3.05) is 5.88 Å². The molecule has 1 N–H and O–H groups in total. The first kappa shape index (κ1) is 14.8. The van der Waals surface area contributed by atoms with Crippen LogP contribution in [0.25, 0.3) is 0 Å². The molecule has 17 heavy (non-hydrogen) atoms. The molecule has 1 rings (SSSR count). The first-order valence-electron chi connectivity index (χ1n) is 7.18. The van der Waals surface area contributed by atoms with Crippen LogP contribution in [0, 0.1) is 0 Å². The van der Waals surface area contributed by atoms with E-state index in [-0.39, 0.29) is 11.8 Å². The molecule has 0 radical (unpaired) electrons. The number of halogens is 1. The highest BCUT2D eigenvalue weighted by atomic mass is 35.5. The number of hydrogen-bond acceptors (Lipinski definition) is 1. The largest absolute Gasteiger partial charge is 0.352 e. The van der Waals surface area contributed by atoms with Crippen molar-refractivity contribution >= 4 is 17.5 Å². The standard InChI is InChI=1S/C14H26ClNO/c15-12-14(17)16-13-10-8-6-4-2-1-3-5-7-9-11-13/h13H,1-12H2,(H,16,17). The van der Waals surface area contributed by atoms with Gasteiger partial charge in [-0.2, -0.15) is 0 Å². The number of carbonyl (C=O) groups is 1. The van der Waals surface area contributed by atoms with E-state index in [1.165, 1.54) is 57.8 Å². The third-order valence-corrected chi connectivity index (χ3v) is 3.83. The van der Waals surface area contributed by atoms with Crippen LogP contribution in [-0.4, -0.2) is 17.8 Å². The van der Waals surface area contributed by atoms with Gasteiger partial charge < -0.3 is 5.32 Å². The van der Waals surface area contributed by atoms with Crippen LogP contribution in [0.1, 0.15) is 70.6 Å². The molecule has 0 bridgehead atoms. The van der Waals surface area contributed by atoms with Gasteiger partial charge in [0.25, 0.3) is 0 Å². The normalized spacial score (nSPS) is 21.2. The maximum Gasteiger partial charge on any atom is 0.235 e. The third-order valence-electron chi connectivity index (χ3n) is 3.59. The zero-order valence-corrected chi connectivity index (χ0v) is 11.6. The number of amides is 1. The maximum absolute atomic E-state index is 11.3. The average Bonchev–Trinajstić information content (AvgIpc) is 2.32. The van der Waals surface area contributed by atoms with Crippen LogP contribution in [0.2, 0.25) is 0 Å². The molecule has 1 fully saturated rings. The molecule has 0 saturated heterocycles. The predicted molar refractivity (Wildman–Crippen MR) is 73.4 cm³/mol.